The Balaban J connectivity index is 1.97. The van der Waals surface area contributed by atoms with Gasteiger partial charge in [0.05, 0.1) is 17.7 Å². The molecular weight excluding hydrogens is 283 g/mol. The summed E-state index contributed by atoms with van der Waals surface area (Å²) < 4.78 is 15.4. The van der Waals surface area contributed by atoms with Gasteiger partial charge in [-0.25, -0.2) is 9.37 Å². The Morgan fingerprint density at radius 1 is 1.32 bits per heavy atom. The molecular formula is C16H19FN4O. The maximum absolute atomic E-state index is 13.6. The van der Waals surface area contributed by atoms with Crippen LogP contribution < -0.4 is 9.80 Å². The van der Waals surface area contributed by atoms with E-state index < -0.39 is 0 Å². The number of rotatable bonds is 3. The van der Waals surface area contributed by atoms with Crippen LogP contribution in [0.1, 0.15) is 23.8 Å². The first-order valence-corrected chi connectivity index (χ1v) is 7.44. The van der Waals surface area contributed by atoms with Crippen molar-refractivity contribution in [3.8, 4) is 0 Å². The van der Waals surface area contributed by atoms with Crippen LogP contribution in [-0.2, 0) is 7.05 Å². The molecule has 0 fully saturated rings. The third kappa shape index (κ3) is 2.56. The van der Waals surface area contributed by atoms with E-state index in [1.807, 2.05) is 7.05 Å². The maximum Gasteiger partial charge on any atom is 0.278 e. The van der Waals surface area contributed by atoms with Gasteiger partial charge in [-0.05, 0) is 24.6 Å². The lowest BCUT2D eigenvalue weighted by Gasteiger charge is -2.37. The van der Waals surface area contributed by atoms with Crippen LogP contribution in [0.25, 0.3) is 0 Å². The quantitative estimate of drug-likeness (QED) is 0.874. The number of halogens is 1. The lowest BCUT2D eigenvalue weighted by atomic mass is 10.1. The zero-order valence-electron chi connectivity index (χ0n) is 12.8. The van der Waals surface area contributed by atoms with Crippen molar-refractivity contribution in [3.05, 3.63) is 42.2 Å². The molecule has 22 heavy (non-hydrogen) atoms. The monoisotopic (exact) mass is 302 g/mol. The van der Waals surface area contributed by atoms with Crippen molar-refractivity contribution < 1.29 is 9.18 Å². The number of fused-ring (bicyclic) bond motifs is 1. The van der Waals surface area contributed by atoms with E-state index >= 15 is 0 Å². The predicted molar refractivity (Wildman–Crippen MR) is 83.8 cm³/mol. The molecule has 6 heteroatoms. The third-order valence-corrected chi connectivity index (χ3v) is 3.83. The van der Waals surface area contributed by atoms with Crippen molar-refractivity contribution in [2.24, 2.45) is 7.05 Å². The lowest BCUT2D eigenvalue weighted by Crippen LogP contribution is -2.44. The number of amides is 1. The summed E-state index contributed by atoms with van der Waals surface area (Å²) in [6, 6.07) is 4.57. The number of hydrogen-bond donors (Lipinski definition) is 0. The van der Waals surface area contributed by atoms with E-state index in [-0.39, 0.29) is 11.7 Å². The van der Waals surface area contributed by atoms with Gasteiger partial charge in [0, 0.05) is 32.9 Å². The zero-order valence-corrected chi connectivity index (χ0v) is 12.8. The predicted octanol–water partition coefficient (Wildman–Crippen LogP) is 2.44. The Kier molecular flexibility index (Phi) is 3.83. The fourth-order valence-corrected chi connectivity index (χ4v) is 2.81. The van der Waals surface area contributed by atoms with Crippen molar-refractivity contribution in [2.45, 2.75) is 13.3 Å². The van der Waals surface area contributed by atoms with Gasteiger partial charge in [-0.15, -0.1) is 0 Å². The Morgan fingerprint density at radius 2 is 2.14 bits per heavy atom. The standard InChI is InChI=1S/C16H19FN4O/c1-3-6-20-7-8-21(14-5-4-12(17)9-15(14)20)16(22)13-10-19(2)11-18-13/h4-5,9-11H,3,6-8H2,1-2H3. The Morgan fingerprint density at radius 3 is 2.82 bits per heavy atom. The summed E-state index contributed by atoms with van der Waals surface area (Å²) in [4.78, 5) is 20.6. The molecule has 0 unspecified atom stereocenters. The van der Waals surface area contributed by atoms with Crippen LogP contribution in [0.2, 0.25) is 0 Å². The second-order valence-electron chi connectivity index (χ2n) is 5.50. The molecule has 0 spiro atoms. The van der Waals surface area contributed by atoms with Gasteiger partial charge in [0.25, 0.3) is 5.91 Å². The molecule has 0 radical (unpaired) electrons. The second kappa shape index (κ2) is 5.79. The largest absolute Gasteiger partial charge is 0.368 e. The van der Waals surface area contributed by atoms with Crippen LogP contribution in [-0.4, -0.2) is 35.1 Å². The van der Waals surface area contributed by atoms with E-state index in [4.69, 9.17) is 0 Å². The molecule has 0 saturated carbocycles. The number of hydrogen-bond acceptors (Lipinski definition) is 3. The molecule has 0 atom stereocenters. The fraction of sp³-hybridized carbons (Fsp3) is 0.375. The van der Waals surface area contributed by atoms with Gasteiger partial charge in [-0.2, -0.15) is 0 Å². The molecule has 1 amide bonds. The first-order valence-electron chi connectivity index (χ1n) is 7.44. The molecule has 0 saturated heterocycles. The molecule has 1 aromatic heterocycles. The first-order chi connectivity index (χ1) is 10.6. The molecule has 3 rings (SSSR count). The highest BCUT2D eigenvalue weighted by molar-refractivity contribution is 6.07. The highest BCUT2D eigenvalue weighted by Crippen LogP contribution is 2.34. The SMILES string of the molecule is CCCN1CCN(C(=O)c2cn(C)cn2)c2ccc(F)cc21. The van der Waals surface area contributed by atoms with Crippen LogP contribution in [0.15, 0.2) is 30.7 Å². The van der Waals surface area contributed by atoms with Crippen molar-refractivity contribution in [1.29, 1.82) is 0 Å². The van der Waals surface area contributed by atoms with Crippen LogP contribution in [0.5, 0.6) is 0 Å². The molecule has 2 aromatic rings. The topological polar surface area (TPSA) is 41.4 Å². The molecule has 5 nitrogen and oxygen atoms in total. The summed E-state index contributed by atoms with van der Waals surface area (Å²) in [7, 11) is 1.83. The molecule has 0 N–H and O–H groups in total. The highest BCUT2D eigenvalue weighted by Gasteiger charge is 2.28. The first kappa shape index (κ1) is 14.6. The minimum absolute atomic E-state index is 0.149. The average Bonchev–Trinajstić information content (AvgIpc) is 2.94. The second-order valence-corrected chi connectivity index (χ2v) is 5.50. The number of imidazole rings is 1. The van der Waals surface area contributed by atoms with E-state index in [0.717, 1.165) is 24.3 Å². The van der Waals surface area contributed by atoms with E-state index in [1.165, 1.54) is 12.1 Å². The summed E-state index contributed by atoms with van der Waals surface area (Å²) in [5, 5.41) is 0. The Hall–Kier alpha value is -2.37. The van der Waals surface area contributed by atoms with Crippen molar-refractivity contribution >= 4 is 17.3 Å². The van der Waals surface area contributed by atoms with Gasteiger partial charge in [0.2, 0.25) is 0 Å². The summed E-state index contributed by atoms with van der Waals surface area (Å²) in [6.45, 7) is 4.21. The number of carbonyl (C=O) groups excluding carboxylic acids is 1. The number of carbonyl (C=O) groups is 1. The Bertz CT molecular complexity index is 697. The van der Waals surface area contributed by atoms with Gasteiger partial charge >= 0.3 is 0 Å². The normalized spacial score (nSPS) is 14.1. The molecule has 1 aliphatic rings. The van der Waals surface area contributed by atoms with Crippen LogP contribution in [0.4, 0.5) is 15.8 Å². The fourth-order valence-electron chi connectivity index (χ4n) is 2.81. The van der Waals surface area contributed by atoms with E-state index in [1.54, 1.807) is 28.1 Å². The summed E-state index contributed by atoms with van der Waals surface area (Å²) in [5.41, 5.74) is 1.93. The third-order valence-electron chi connectivity index (χ3n) is 3.83. The minimum Gasteiger partial charge on any atom is -0.368 e. The number of benzene rings is 1. The molecule has 2 heterocycles. The van der Waals surface area contributed by atoms with E-state index in [9.17, 15) is 9.18 Å². The molecule has 116 valence electrons. The van der Waals surface area contributed by atoms with Gasteiger partial charge in [-0.1, -0.05) is 6.92 Å². The summed E-state index contributed by atoms with van der Waals surface area (Å²) in [5.74, 6) is -0.434. The van der Waals surface area contributed by atoms with E-state index in [2.05, 4.69) is 16.8 Å². The smallest absolute Gasteiger partial charge is 0.278 e. The van der Waals surface area contributed by atoms with Crippen LogP contribution in [0.3, 0.4) is 0 Å². The number of nitrogens with zero attached hydrogens (tertiary/aromatic N) is 4. The van der Waals surface area contributed by atoms with Crippen LogP contribution >= 0.6 is 0 Å². The summed E-state index contributed by atoms with van der Waals surface area (Å²) in [6.07, 6.45) is 4.28. The zero-order chi connectivity index (χ0) is 15.7. The Labute approximate surface area is 129 Å². The minimum atomic E-state index is -0.285. The van der Waals surface area contributed by atoms with Gasteiger partial charge in [-0.3, -0.25) is 4.79 Å². The summed E-state index contributed by atoms with van der Waals surface area (Å²) >= 11 is 0. The number of aromatic nitrogens is 2. The molecule has 1 aromatic carbocycles. The molecule has 0 aliphatic carbocycles. The number of aryl methyl sites for hydroxylation is 1. The van der Waals surface area contributed by atoms with Gasteiger partial charge in [0.15, 0.2) is 0 Å². The molecule has 1 aliphatic heterocycles. The van der Waals surface area contributed by atoms with Crippen LogP contribution in [0, 0.1) is 5.82 Å². The van der Waals surface area contributed by atoms with Gasteiger partial charge in [0.1, 0.15) is 11.5 Å². The van der Waals surface area contributed by atoms with Gasteiger partial charge < -0.3 is 14.4 Å². The van der Waals surface area contributed by atoms with Crippen molar-refractivity contribution in [2.75, 3.05) is 29.4 Å². The van der Waals surface area contributed by atoms with Crippen molar-refractivity contribution in [1.82, 2.24) is 9.55 Å². The highest BCUT2D eigenvalue weighted by atomic mass is 19.1. The maximum atomic E-state index is 13.6. The number of anilines is 2. The van der Waals surface area contributed by atoms with Crippen molar-refractivity contribution in [3.63, 3.8) is 0 Å². The lowest BCUT2D eigenvalue weighted by molar-refractivity contribution is 0.0982. The molecule has 0 bridgehead atoms. The average molecular weight is 302 g/mol. The van der Waals surface area contributed by atoms with E-state index in [0.29, 0.717) is 18.8 Å².